The van der Waals surface area contributed by atoms with Crippen molar-refractivity contribution in [3.8, 4) is 5.75 Å². The third-order valence-electron chi connectivity index (χ3n) is 7.11. The number of benzene rings is 2. The molecule has 8 nitrogen and oxygen atoms in total. The van der Waals surface area contributed by atoms with Gasteiger partial charge in [-0.1, -0.05) is 35.9 Å². The van der Waals surface area contributed by atoms with Crippen LogP contribution in [0.1, 0.15) is 32.3 Å². The Hall–Kier alpha value is -3.63. The summed E-state index contributed by atoms with van der Waals surface area (Å²) in [6.07, 6.45) is 0. The molecule has 41 heavy (non-hydrogen) atoms. The molecule has 2 aromatic rings. The number of esters is 2. The highest BCUT2D eigenvalue weighted by Gasteiger charge is 2.39. The first-order chi connectivity index (χ1) is 19.7. The number of hydrogen-bond donors (Lipinski definition) is 1. The number of nitrogens with zero attached hydrogens (tertiary/aromatic N) is 2. The lowest BCUT2D eigenvalue weighted by atomic mass is 9.80. The molecule has 0 aliphatic carbocycles. The molecular weight excluding hydrogens is 556 g/mol. The van der Waals surface area contributed by atoms with Crippen LogP contribution >= 0.6 is 11.6 Å². The molecule has 2 heterocycles. The van der Waals surface area contributed by atoms with E-state index in [4.69, 9.17) is 25.8 Å². The Labute approximate surface area is 243 Å². The lowest BCUT2D eigenvalue weighted by Crippen LogP contribution is -2.47. The third-order valence-corrected chi connectivity index (χ3v) is 7.34. The average Bonchev–Trinajstić information content (AvgIpc) is 2.93. The third kappa shape index (κ3) is 7.37. The molecule has 0 amide bonds. The van der Waals surface area contributed by atoms with Gasteiger partial charge in [0.2, 0.25) is 0 Å². The van der Waals surface area contributed by atoms with E-state index in [1.807, 2.05) is 24.3 Å². The van der Waals surface area contributed by atoms with E-state index in [0.29, 0.717) is 23.0 Å². The number of hydrogen-bond acceptors (Lipinski definition) is 8. The van der Waals surface area contributed by atoms with Crippen molar-refractivity contribution in [3.05, 3.63) is 81.7 Å². The van der Waals surface area contributed by atoms with Crippen molar-refractivity contribution < 1.29 is 32.6 Å². The SMILES string of the molecule is CCOC(=O)C1=C(C)NC(C)=C(C(=O)OCCN2CCN(c3cccc(Cl)c3)CC2)C1c1ccccc1OC(F)F. The fourth-order valence-electron chi connectivity index (χ4n) is 5.23. The zero-order valence-electron chi connectivity index (χ0n) is 23.3. The highest BCUT2D eigenvalue weighted by atomic mass is 35.5. The van der Waals surface area contributed by atoms with E-state index in [0.717, 1.165) is 31.9 Å². The van der Waals surface area contributed by atoms with E-state index >= 15 is 0 Å². The molecule has 1 saturated heterocycles. The molecule has 0 bridgehead atoms. The van der Waals surface area contributed by atoms with Crippen LogP contribution < -0.4 is 15.0 Å². The van der Waals surface area contributed by atoms with Crippen molar-refractivity contribution in [1.29, 1.82) is 0 Å². The minimum atomic E-state index is -3.09. The maximum Gasteiger partial charge on any atom is 0.387 e. The van der Waals surface area contributed by atoms with Gasteiger partial charge in [0.15, 0.2) is 0 Å². The highest BCUT2D eigenvalue weighted by molar-refractivity contribution is 6.30. The summed E-state index contributed by atoms with van der Waals surface area (Å²) in [4.78, 5) is 31.1. The first kappa shape index (κ1) is 30.3. The van der Waals surface area contributed by atoms with Gasteiger partial charge in [0, 0.05) is 60.4 Å². The Balaban J connectivity index is 1.49. The quantitative estimate of drug-likeness (QED) is 0.383. The minimum absolute atomic E-state index is 0.102. The van der Waals surface area contributed by atoms with E-state index in [9.17, 15) is 18.4 Å². The first-order valence-electron chi connectivity index (χ1n) is 13.5. The number of piperazine rings is 1. The normalized spacial score (nSPS) is 17.9. The van der Waals surface area contributed by atoms with Crippen molar-refractivity contribution >= 4 is 29.2 Å². The Kier molecular flexibility index (Phi) is 10.2. The largest absolute Gasteiger partial charge is 0.463 e. The first-order valence-corrected chi connectivity index (χ1v) is 13.9. The second kappa shape index (κ2) is 13.8. The van der Waals surface area contributed by atoms with Crippen LogP contribution in [0.15, 0.2) is 71.1 Å². The maximum atomic E-state index is 13.5. The topological polar surface area (TPSA) is 80.3 Å². The van der Waals surface area contributed by atoms with Gasteiger partial charge in [-0.3, -0.25) is 4.90 Å². The van der Waals surface area contributed by atoms with E-state index < -0.39 is 24.5 Å². The molecule has 1 fully saturated rings. The van der Waals surface area contributed by atoms with Gasteiger partial charge in [0.05, 0.1) is 23.7 Å². The Morgan fingerprint density at radius 1 is 0.976 bits per heavy atom. The van der Waals surface area contributed by atoms with Crippen molar-refractivity contribution in [2.45, 2.75) is 33.3 Å². The number of carbonyl (C=O) groups is 2. The minimum Gasteiger partial charge on any atom is -0.463 e. The number of allylic oxidation sites excluding steroid dienone is 2. The molecule has 0 saturated carbocycles. The average molecular weight is 590 g/mol. The van der Waals surface area contributed by atoms with Gasteiger partial charge in [-0.15, -0.1) is 0 Å². The summed E-state index contributed by atoms with van der Waals surface area (Å²) in [7, 11) is 0. The zero-order valence-corrected chi connectivity index (χ0v) is 24.0. The summed E-state index contributed by atoms with van der Waals surface area (Å²) in [5, 5.41) is 3.76. The predicted molar refractivity (Wildman–Crippen MR) is 152 cm³/mol. The molecule has 2 aliphatic rings. The van der Waals surface area contributed by atoms with Gasteiger partial charge >= 0.3 is 18.6 Å². The molecule has 2 aromatic carbocycles. The van der Waals surface area contributed by atoms with Crippen LogP contribution in [0.2, 0.25) is 5.02 Å². The molecule has 1 unspecified atom stereocenters. The van der Waals surface area contributed by atoms with Gasteiger partial charge < -0.3 is 24.4 Å². The Morgan fingerprint density at radius 2 is 1.63 bits per heavy atom. The summed E-state index contributed by atoms with van der Waals surface area (Å²) >= 11 is 6.13. The molecule has 11 heteroatoms. The molecule has 0 aromatic heterocycles. The van der Waals surface area contributed by atoms with Crippen molar-refractivity contribution in [2.75, 3.05) is 50.8 Å². The molecular formula is C30H34ClF2N3O5. The van der Waals surface area contributed by atoms with Crippen LogP contribution in [0.5, 0.6) is 5.75 Å². The van der Waals surface area contributed by atoms with Gasteiger partial charge in [-0.2, -0.15) is 8.78 Å². The number of para-hydroxylation sites is 1. The van der Waals surface area contributed by atoms with Crippen LogP contribution in [0.3, 0.4) is 0 Å². The highest BCUT2D eigenvalue weighted by Crippen LogP contribution is 2.43. The predicted octanol–water partition coefficient (Wildman–Crippen LogP) is 5.10. The van der Waals surface area contributed by atoms with Gasteiger partial charge in [0.1, 0.15) is 12.4 Å². The fourth-order valence-corrected chi connectivity index (χ4v) is 5.41. The summed E-state index contributed by atoms with van der Waals surface area (Å²) in [6.45, 7) is 5.83. The van der Waals surface area contributed by atoms with Crippen LogP contribution in [0, 0.1) is 0 Å². The molecule has 1 N–H and O–H groups in total. The van der Waals surface area contributed by atoms with Gasteiger partial charge in [-0.25, -0.2) is 9.59 Å². The molecule has 0 radical (unpaired) electrons. The summed E-state index contributed by atoms with van der Waals surface area (Å²) < 4.78 is 42.3. The number of alkyl halides is 2. The molecule has 0 spiro atoms. The Morgan fingerprint density at radius 3 is 2.27 bits per heavy atom. The number of carbonyl (C=O) groups excluding carboxylic acids is 2. The van der Waals surface area contributed by atoms with Crippen LogP contribution in [0.4, 0.5) is 14.5 Å². The Bertz CT molecular complexity index is 1320. The summed E-state index contributed by atoms with van der Waals surface area (Å²) in [5.74, 6) is -2.48. The van der Waals surface area contributed by atoms with E-state index in [1.165, 1.54) is 6.07 Å². The standard InChI is InChI=1S/C30H34ClF2N3O5/c1-4-39-28(37)25-19(2)34-20(3)26(27(25)23-10-5-6-11-24(23)41-30(32)33)29(38)40-17-16-35-12-14-36(15-13-35)22-9-7-8-21(31)18-22/h5-11,18,27,30,34H,4,12-17H2,1-3H3. The van der Waals surface area contributed by atoms with Crippen molar-refractivity contribution in [2.24, 2.45) is 0 Å². The summed E-state index contributed by atoms with van der Waals surface area (Å²) in [5.41, 5.74) is 2.47. The van der Waals surface area contributed by atoms with Crippen LogP contribution in [-0.2, 0) is 19.1 Å². The van der Waals surface area contributed by atoms with Crippen molar-refractivity contribution in [1.82, 2.24) is 10.2 Å². The number of rotatable bonds is 10. The van der Waals surface area contributed by atoms with Gasteiger partial charge in [-0.05, 0) is 45.0 Å². The summed E-state index contributed by atoms with van der Waals surface area (Å²) in [6, 6.07) is 13.8. The van der Waals surface area contributed by atoms with E-state index in [1.54, 1.807) is 39.0 Å². The number of ether oxygens (including phenoxy) is 3. The second-order valence-corrected chi connectivity index (χ2v) is 10.2. The lowest BCUT2D eigenvalue weighted by molar-refractivity contribution is -0.140. The molecule has 2 aliphatic heterocycles. The van der Waals surface area contributed by atoms with Crippen LogP contribution in [0.25, 0.3) is 0 Å². The number of dihydropyridines is 1. The molecule has 220 valence electrons. The second-order valence-electron chi connectivity index (χ2n) is 9.72. The smallest absolute Gasteiger partial charge is 0.387 e. The number of nitrogens with one attached hydrogen (secondary N) is 1. The number of halogens is 3. The zero-order chi connectivity index (χ0) is 29.5. The lowest BCUT2D eigenvalue weighted by Gasteiger charge is -2.36. The number of anilines is 1. The van der Waals surface area contributed by atoms with Crippen LogP contribution in [-0.4, -0.2) is 69.4 Å². The molecule has 1 atom stereocenters. The van der Waals surface area contributed by atoms with Crippen molar-refractivity contribution in [3.63, 3.8) is 0 Å². The van der Waals surface area contributed by atoms with Gasteiger partial charge in [0.25, 0.3) is 0 Å². The van der Waals surface area contributed by atoms with E-state index in [-0.39, 0.29) is 35.7 Å². The maximum absolute atomic E-state index is 13.5. The monoisotopic (exact) mass is 589 g/mol. The fraction of sp³-hybridized carbons (Fsp3) is 0.400. The molecule has 4 rings (SSSR count). The van der Waals surface area contributed by atoms with E-state index in [2.05, 4.69) is 15.1 Å².